The molecule has 10 heteroatoms. The Balaban J connectivity index is 1.45. The van der Waals surface area contributed by atoms with E-state index in [-0.39, 0.29) is 24.4 Å². The third kappa shape index (κ3) is 4.96. The molecule has 4 rings (SSSR count). The maximum absolute atomic E-state index is 12.7. The van der Waals surface area contributed by atoms with E-state index < -0.39 is 22.8 Å². The van der Waals surface area contributed by atoms with Gasteiger partial charge in [0.2, 0.25) is 0 Å². The van der Waals surface area contributed by atoms with Gasteiger partial charge in [-0.2, -0.15) is 0 Å². The summed E-state index contributed by atoms with van der Waals surface area (Å²) in [6.45, 7) is 0.0274. The van der Waals surface area contributed by atoms with Crippen LogP contribution in [0.4, 0.5) is 10.5 Å². The van der Waals surface area contributed by atoms with Gasteiger partial charge in [0, 0.05) is 12.1 Å². The fourth-order valence-electron chi connectivity index (χ4n) is 3.15. The van der Waals surface area contributed by atoms with Crippen LogP contribution in [0.2, 0.25) is 0 Å². The summed E-state index contributed by atoms with van der Waals surface area (Å²) in [6, 6.07) is 15.1. The van der Waals surface area contributed by atoms with Crippen LogP contribution < -0.4 is 10.1 Å². The van der Waals surface area contributed by atoms with Crippen molar-refractivity contribution in [1.82, 2.24) is 10.2 Å². The lowest BCUT2D eigenvalue weighted by Crippen LogP contribution is -2.53. The van der Waals surface area contributed by atoms with Gasteiger partial charge in [0.25, 0.3) is 17.5 Å². The summed E-state index contributed by atoms with van der Waals surface area (Å²) in [5.74, 6) is -0.618. The molecule has 0 spiro atoms. The highest BCUT2D eigenvalue weighted by molar-refractivity contribution is 6.30. The van der Waals surface area contributed by atoms with Crippen LogP contribution in [-0.4, -0.2) is 27.7 Å². The minimum Gasteiger partial charge on any atom is -0.489 e. The number of nitro benzene ring substituents is 1. The predicted molar refractivity (Wildman–Crippen MR) is 115 cm³/mol. The van der Waals surface area contributed by atoms with Gasteiger partial charge in [0.05, 0.1) is 17.7 Å². The summed E-state index contributed by atoms with van der Waals surface area (Å²) in [7, 11) is 0. The van der Waals surface area contributed by atoms with Crippen molar-refractivity contribution in [2.24, 2.45) is 0 Å². The first kappa shape index (κ1) is 21.5. The van der Waals surface area contributed by atoms with E-state index in [1.54, 1.807) is 48.5 Å². The van der Waals surface area contributed by atoms with Crippen LogP contribution in [0.25, 0.3) is 6.08 Å². The van der Waals surface area contributed by atoms with Crippen LogP contribution in [0.15, 0.2) is 76.9 Å². The van der Waals surface area contributed by atoms with Crippen molar-refractivity contribution in [1.29, 1.82) is 0 Å². The molecule has 10 nitrogen and oxygen atoms in total. The van der Waals surface area contributed by atoms with Gasteiger partial charge in [-0.1, -0.05) is 24.3 Å². The van der Waals surface area contributed by atoms with E-state index in [0.717, 1.165) is 4.90 Å². The first-order valence-corrected chi connectivity index (χ1v) is 9.78. The number of furan rings is 1. The van der Waals surface area contributed by atoms with Crippen molar-refractivity contribution in [3.63, 3.8) is 0 Å². The first-order chi connectivity index (χ1) is 15.9. The zero-order valence-corrected chi connectivity index (χ0v) is 17.1. The number of urea groups is 1. The van der Waals surface area contributed by atoms with Gasteiger partial charge in [-0.05, 0) is 41.5 Å². The average Bonchev–Trinajstić information content (AvgIpc) is 3.32. The van der Waals surface area contributed by atoms with Gasteiger partial charge in [0.1, 0.15) is 23.7 Å². The Labute approximate surface area is 187 Å². The maximum Gasteiger partial charge on any atom is 0.331 e. The minimum atomic E-state index is -0.816. The standard InChI is InChI=1S/C23H17N3O7/c27-21-20(22(28)25(23(29)24-21)13-19-5-2-10-32-19)12-15-6-8-18(9-7-15)33-14-16-3-1-4-17(11-16)26(30)31/h1-12H,13-14H2,(H,24,27,29). The Morgan fingerprint density at radius 3 is 2.55 bits per heavy atom. The van der Waals surface area contributed by atoms with Crippen LogP contribution in [0.5, 0.6) is 5.75 Å². The molecule has 0 saturated carbocycles. The molecule has 1 fully saturated rings. The Bertz CT molecular complexity index is 1250. The van der Waals surface area contributed by atoms with Gasteiger partial charge in [-0.3, -0.25) is 29.9 Å². The van der Waals surface area contributed by atoms with Crippen molar-refractivity contribution in [3.05, 3.63) is 99.5 Å². The van der Waals surface area contributed by atoms with Crippen molar-refractivity contribution >= 4 is 29.6 Å². The molecule has 166 valence electrons. The summed E-state index contributed by atoms with van der Waals surface area (Å²) in [4.78, 5) is 48.3. The highest BCUT2D eigenvalue weighted by atomic mass is 16.6. The monoisotopic (exact) mass is 447 g/mol. The van der Waals surface area contributed by atoms with E-state index in [9.17, 15) is 24.5 Å². The summed E-state index contributed by atoms with van der Waals surface area (Å²) >= 11 is 0. The van der Waals surface area contributed by atoms with Gasteiger partial charge in [-0.15, -0.1) is 0 Å². The summed E-state index contributed by atoms with van der Waals surface area (Å²) in [6.07, 6.45) is 2.80. The highest BCUT2D eigenvalue weighted by Crippen LogP contribution is 2.20. The third-order valence-electron chi connectivity index (χ3n) is 4.80. The van der Waals surface area contributed by atoms with E-state index >= 15 is 0 Å². The molecule has 2 heterocycles. The molecule has 0 unspecified atom stereocenters. The summed E-state index contributed by atoms with van der Waals surface area (Å²) < 4.78 is 10.8. The van der Waals surface area contributed by atoms with Crippen molar-refractivity contribution < 1.29 is 28.5 Å². The van der Waals surface area contributed by atoms with E-state index in [0.29, 0.717) is 22.6 Å². The second-order valence-corrected chi connectivity index (χ2v) is 7.07. The number of barbiturate groups is 1. The van der Waals surface area contributed by atoms with Crippen molar-refractivity contribution in [2.75, 3.05) is 0 Å². The number of carbonyl (C=O) groups is 3. The van der Waals surface area contributed by atoms with Gasteiger partial charge in [0.15, 0.2) is 0 Å². The van der Waals surface area contributed by atoms with E-state index in [2.05, 4.69) is 5.32 Å². The lowest BCUT2D eigenvalue weighted by molar-refractivity contribution is -0.384. The molecule has 0 atom stereocenters. The topological polar surface area (TPSA) is 132 Å². The van der Waals surface area contributed by atoms with Crippen LogP contribution in [0.1, 0.15) is 16.9 Å². The number of amides is 4. The molecule has 0 bridgehead atoms. The second kappa shape index (κ2) is 9.18. The normalized spacial score (nSPS) is 15.0. The van der Waals surface area contributed by atoms with Crippen LogP contribution in [0, 0.1) is 10.1 Å². The van der Waals surface area contributed by atoms with Crippen LogP contribution >= 0.6 is 0 Å². The van der Waals surface area contributed by atoms with Crippen LogP contribution in [0.3, 0.4) is 0 Å². The molecular weight excluding hydrogens is 430 g/mol. The molecule has 1 aliphatic heterocycles. The number of imide groups is 2. The number of non-ortho nitro benzene ring substituents is 1. The number of nitrogens with zero attached hydrogens (tertiary/aromatic N) is 2. The molecule has 1 saturated heterocycles. The molecule has 1 aliphatic rings. The Kier molecular flexibility index (Phi) is 5.98. The van der Waals surface area contributed by atoms with Gasteiger partial charge in [-0.25, -0.2) is 4.79 Å². The van der Waals surface area contributed by atoms with Gasteiger partial charge < -0.3 is 9.15 Å². The molecule has 4 amide bonds. The van der Waals surface area contributed by atoms with E-state index in [1.807, 2.05) is 0 Å². The first-order valence-electron chi connectivity index (χ1n) is 9.78. The van der Waals surface area contributed by atoms with Crippen molar-refractivity contribution in [2.45, 2.75) is 13.2 Å². The molecule has 1 N–H and O–H groups in total. The zero-order valence-electron chi connectivity index (χ0n) is 17.1. The Morgan fingerprint density at radius 2 is 1.85 bits per heavy atom. The number of benzene rings is 2. The number of ether oxygens (including phenoxy) is 1. The highest BCUT2D eigenvalue weighted by Gasteiger charge is 2.36. The third-order valence-corrected chi connectivity index (χ3v) is 4.80. The average molecular weight is 447 g/mol. The molecule has 0 aliphatic carbocycles. The number of rotatable bonds is 7. The molecule has 0 radical (unpaired) electrons. The fourth-order valence-corrected chi connectivity index (χ4v) is 3.15. The quantitative estimate of drug-likeness (QED) is 0.254. The number of hydrogen-bond donors (Lipinski definition) is 1. The lowest BCUT2D eigenvalue weighted by Gasteiger charge is -2.25. The van der Waals surface area contributed by atoms with Crippen molar-refractivity contribution in [3.8, 4) is 5.75 Å². The number of nitrogens with one attached hydrogen (secondary N) is 1. The molecule has 2 aromatic carbocycles. The maximum atomic E-state index is 12.7. The Hall–Kier alpha value is -4.73. The van der Waals surface area contributed by atoms with Crippen LogP contribution in [-0.2, 0) is 22.7 Å². The molecule has 33 heavy (non-hydrogen) atoms. The largest absolute Gasteiger partial charge is 0.489 e. The summed E-state index contributed by atoms with van der Waals surface area (Å²) in [5.41, 5.74) is 0.976. The molecule has 3 aromatic rings. The fraction of sp³-hybridized carbons (Fsp3) is 0.0870. The lowest BCUT2D eigenvalue weighted by atomic mass is 10.1. The Morgan fingerprint density at radius 1 is 1.06 bits per heavy atom. The SMILES string of the molecule is O=C1NC(=O)N(Cc2ccco2)C(=O)C1=Cc1ccc(OCc2cccc([N+](=O)[O-])c2)cc1. The minimum absolute atomic E-state index is 0.0203. The number of nitro groups is 1. The summed E-state index contributed by atoms with van der Waals surface area (Å²) in [5, 5.41) is 13.0. The van der Waals surface area contributed by atoms with E-state index in [4.69, 9.17) is 9.15 Å². The zero-order chi connectivity index (χ0) is 23.4. The van der Waals surface area contributed by atoms with Gasteiger partial charge >= 0.3 is 6.03 Å². The smallest absolute Gasteiger partial charge is 0.331 e. The van der Waals surface area contributed by atoms with E-state index in [1.165, 1.54) is 24.5 Å². The number of hydrogen-bond acceptors (Lipinski definition) is 7. The predicted octanol–water partition coefficient (Wildman–Crippen LogP) is 3.43. The second-order valence-electron chi connectivity index (χ2n) is 7.07. The number of carbonyl (C=O) groups excluding carboxylic acids is 3. The molecule has 1 aromatic heterocycles. The molecular formula is C23H17N3O7.